The van der Waals surface area contributed by atoms with Crippen molar-refractivity contribution >= 4 is 17.7 Å². The fourth-order valence-corrected chi connectivity index (χ4v) is 7.27. The van der Waals surface area contributed by atoms with Crippen LogP contribution in [0.2, 0.25) is 0 Å². The van der Waals surface area contributed by atoms with Crippen molar-refractivity contribution in [3.63, 3.8) is 0 Å². The molecule has 0 saturated carbocycles. The highest BCUT2D eigenvalue weighted by atomic mass is 16.5. The van der Waals surface area contributed by atoms with Crippen LogP contribution in [0, 0.1) is 11.8 Å². The Morgan fingerprint density at radius 3 is 2.29 bits per heavy atom. The molecule has 8 heteroatoms. The van der Waals surface area contributed by atoms with E-state index in [0.29, 0.717) is 31.5 Å². The maximum atomic E-state index is 14.7. The SMILES string of the molecule is C=CCN(C)C(=O)[C@H]1[C@H]2C(=O)N([C@H](CO)c3ccccc3)C(C(=O)N(CC=C)Cc3ccccc3)C23CC[C@]1(C)O3. The summed E-state index contributed by atoms with van der Waals surface area (Å²) in [5.41, 5.74) is -0.432. The van der Waals surface area contributed by atoms with Gasteiger partial charge in [0.1, 0.15) is 11.6 Å². The molecule has 41 heavy (non-hydrogen) atoms. The first-order valence-electron chi connectivity index (χ1n) is 14.2. The topological polar surface area (TPSA) is 90.4 Å². The summed E-state index contributed by atoms with van der Waals surface area (Å²) < 4.78 is 6.79. The molecule has 3 amide bonds. The molecular formula is C33H39N3O5. The third-order valence-electron chi connectivity index (χ3n) is 9.06. The Balaban J connectivity index is 1.63. The molecule has 2 aromatic carbocycles. The Morgan fingerprint density at radius 2 is 1.68 bits per heavy atom. The molecule has 3 saturated heterocycles. The van der Waals surface area contributed by atoms with Crippen molar-refractivity contribution < 1.29 is 24.2 Å². The molecule has 3 aliphatic rings. The summed E-state index contributed by atoms with van der Waals surface area (Å²) in [5, 5.41) is 10.7. The van der Waals surface area contributed by atoms with Crippen LogP contribution in [0.1, 0.15) is 36.9 Å². The first-order valence-corrected chi connectivity index (χ1v) is 14.2. The fourth-order valence-electron chi connectivity index (χ4n) is 7.27. The quantitative estimate of drug-likeness (QED) is 0.428. The van der Waals surface area contributed by atoms with Crippen molar-refractivity contribution in [3.05, 3.63) is 97.1 Å². The summed E-state index contributed by atoms with van der Waals surface area (Å²) in [6, 6.07) is 17.1. The zero-order valence-electron chi connectivity index (χ0n) is 23.8. The molecule has 3 heterocycles. The van der Waals surface area contributed by atoms with Gasteiger partial charge in [0.2, 0.25) is 17.7 Å². The van der Waals surface area contributed by atoms with E-state index >= 15 is 0 Å². The van der Waals surface area contributed by atoms with Crippen molar-refractivity contribution in [2.24, 2.45) is 11.8 Å². The third-order valence-corrected chi connectivity index (χ3v) is 9.06. The molecule has 2 aromatic rings. The standard InChI is InChI=1S/C33H39N3O5/c1-5-19-34(4)29(38)26-27-30(39)36(25(22-37)24-15-11-8-12-16-24)28(33(27)18-17-32(26,3)41-33)31(40)35(20-6-2)21-23-13-9-7-10-14-23/h5-16,25-28,37H,1-2,17-22H2,3-4H3/t25-,26-,27+,28?,32+,33?/m1/s1. The lowest BCUT2D eigenvalue weighted by molar-refractivity contribution is -0.156. The number of likely N-dealkylation sites (N-methyl/N-ethyl adjacent to an activating group) is 1. The largest absolute Gasteiger partial charge is 0.394 e. The number of benzene rings is 2. The number of carbonyl (C=O) groups is 3. The number of amides is 3. The molecule has 0 radical (unpaired) electrons. The molecule has 3 fully saturated rings. The molecule has 2 bridgehead atoms. The number of ether oxygens (including phenoxy) is 1. The summed E-state index contributed by atoms with van der Waals surface area (Å²) in [5.74, 6) is -2.43. The maximum Gasteiger partial charge on any atom is 0.249 e. The van der Waals surface area contributed by atoms with Gasteiger partial charge in [0.05, 0.1) is 30.1 Å². The van der Waals surface area contributed by atoms with E-state index in [1.165, 1.54) is 4.90 Å². The summed E-state index contributed by atoms with van der Waals surface area (Å²) in [6.07, 6.45) is 4.32. The minimum atomic E-state index is -1.20. The number of hydrogen-bond acceptors (Lipinski definition) is 5. The molecule has 0 aromatic heterocycles. The average molecular weight is 558 g/mol. The molecule has 5 rings (SSSR count). The first-order chi connectivity index (χ1) is 19.7. The normalized spacial score (nSPS) is 28.7. The van der Waals surface area contributed by atoms with Crippen LogP contribution in [0.4, 0.5) is 0 Å². The summed E-state index contributed by atoms with van der Waals surface area (Å²) in [6.45, 7) is 10.1. The summed E-state index contributed by atoms with van der Waals surface area (Å²) in [7, 11) is 1.69. The lowest BCUT2D eigenvalue weighted by atomic mass is 9.66. The number of nitrogens with zero attached hydrogens (tertiary/aromatic N) is 3. The predicted molar refractivity (Wildman–Crippen MR) is 155 cm³/mol. The van der Waals surface area contributed by atoms with Gasteiger partial charge in [-0.05, 0) is 30.9 Å². The van der Waals surface area contributed by atoms with Gasteiger partial charge < -0.3 is 24.5 Å². The van der Waals surface area contributed by atoms with Gasteiger partial charge in [0.25, 0.3) is 0 Å². The number of aliphatic hydroxyl groups is 1. The Morgan fingerprint density at radius 1 is 1.05 bits per heavy atom. The van der Waals surface area contributed by atoms with Crippen LogP contribution in [0.3, 0.4) is 0 Å². The van der Waals surface area contributed by atoms with E-state index in [1.54, 1.807) is 29.0 Å². The molecular weight excluding hydrogens is 518 g/mol. The minimum Gasteiger partial charge on any atom is -0.394 e. The van der Waals surface area contributed by atoms with E-state index in [9.17, 15) is 19.5 Å². The average Bonchev–Trinajstić information content (AvgIpc) is 3.55. The molecule has 3 aliphatic heterocycles. The number of aliphatic hydroxyl groups excluding tert-OH is 1. The first kappa shape index (κ1) is 28.8. The summed E-state index contributed by atoms with van der Waals surface area (Å²) >= 11 is 0. The zero-order chi connectivity index (χ0) is 29.4. The highest BCUT2D eigenvalue weighted by Gasteiger charge is 2.78. The Hall–Kier alpha value is -3.75. The predicted octanol–water partition coefficient (Wildman–Crippen LogP) is 3.34. The van der Waals surface area contributed by atoms with Gasteiger partial charge in [0.15, 0.2) is 0 Å². The molecule has 2 unspecified atom stereocenters. The van der Waals surface area contributed by atoms with Crippen molar-refractivity contribution in [1.29, 1.82) is 0 Å². The van der Waals surface area contributed by atoms with Crippen LogP contribution in [0.25, 0.3) is 0 Å². The van der Waals surface area contributed by atoms with Crippen LogP contribution in [0.5, 0.6) is 0 Å². The number of fused-ring (bicyclic) bond motifs is 1. The minimum absolute atomic E-state index is 0.201. The van der Waals surface area contributed by atoms with E-state index in [-0.39, 0.29) is 30.9 Å². The van der Waals surface area contributed by atoms with Crippen LogP contribution in [0.15, 0.2) is 86.0 Å². The lowest BCUT2D eigenvalue weighted by Gasteiger charge is -2.39. The van der Waals surface area contributed by atoms with E-state index in [0.717, 1.165) is 5.56 Å². The second-order valence-corrected chi connectivity index (χ2v) is 11.6. The summed E-state index contributed by atoms with van der Waals surface area (Å²) in [4.78, 5) is 47.9. The van der Waals surface area contributed by atoms with Crippen molar-refractivity contribution in [2.45, 2.75) is 49.6 Å². The fraction of sp³-hybridized carbons (Fsp3) is 0.424. The Labute approximate surface area is 241 Å². The maximum absolute atomic E-state index is 14.7. The van der Waals surface area contributed by atoms with Crippen molar-refractivity contribution in [1.82, 2.24) is 14.7 Å². The number of likely N-dealkylation sites (tertiary alicyclic amines) is 1. The molecule has 1 spiro atoms. The third kappa shape index (κ3) is 4.69. The number of hydrogen-bond donors (Lipinski definition) is 1. The molecule has 1 N–H and O–H groups in total. The lowest BCUT2D eigenvalue weighted by Crippen LogP contribution is -2.57. The Bertz CT molecular complexity index is 1320. The van der Waals surface area contributed by atoms with Gasteiger partial charge in [0, 0.05) is 26.7 Å². The van der Waals surface area contributed by atoms with Gasteiger partial charge in [-0.2, -0.15) is 0 Å². The molecule has 6 atom stereocenters. The second-order valence-electron chi connectivity index (χ2n) is 11.6. The number of carbonyl (C=O) groups excluding carboxylic acids is 3. The Kier molecular flexibility index (Phi) is 7.90. The molecule has 216 valence electrons. The van der Waals surface area contributed by atoms with E-state index < -0.39 is 35.1 Å². The van der Waals surface area contributed by atoms with E-state index in [2.05, 4.69) is 13.2 Å². The van der Waals surface area contributed by atoms with Gasteiger partial charge in [-0.15, -0.1) is 13.2 Å². The molecule has 8 nitrogen and oxygen atoms in total. The van der Waals surface area contributed by atoms with Gasteiger partial charge in [-0.1, -0.05) is 72.8 Å². The van der Waals surface area contributed by atoms with E-state index in [4.69, 9.17) is 4.74 Å². The smallest absolute Gasteiger partial charge is 0.249 e. The highest BCUT2D eigenvalue weighted by Crippen LogP contribution is 2.64. The zero-order valence-corrected chi connectivity index (χ0v) is 23.8. The van der Waals surface area contributed by atoms with Gasteiger partial charge >= 0.3 is 0 Å². The highest BCUT2D eigenvalue weighted by molar-refractivity contribution is 5.99. The second kappa shape index (κ2) is 11.3. The van der Waals surface area contributed by atoms with Crippen molar-refractivity contribution in [3.8, 4) is 0 Å². The van der Waals surface area contributed by atoms with E-state index in [1.807, 2.05) is 67.6 Å². The van der Waals surface area contributed by atoms with Gasteiger partial charge in [-0.25, -0.2) is 0 Å². The van der Waals surface area contributed by atoms with Crippen molar-refractivity contribution in [2.75, 3.05) is 26.7 Å². The monoisotopic (exact) mass is 557 g/mol. The molecule has 0 aliphatic carbocycles. The van der Waals surface area contributed by atoms with Crippen LogP contribution >= 0.6 is 0 Å². The van der Waals surface area contributed by atoms with Crippen LogP contribution in [-0.4, -0.2) is 81.5 Å². The van der Waals surface area contributed by atoms with Crippen LogP contribution in [-0.2, 0) is 25.7 Å². The van der Waals surface area contributed by atoms with Crippen LogP contribution < -0.4 is 0 Å². The van der Waals surface area contributed by atoms with Gasteiger partial charge in [-0.3, -0.25) is 14.4 Å². The number of rotatable bonds is 11.